The minimum absolute atomic E-state index is 0.0778. The monoisotopic (exact) mass is 256 g/mol. The predicted molar refractivity (Wildman–Crippen MR) is 73.1 cm³/mol. The summed E-state index contributed by atoms with van der Waals surface area (Å²) >= 11 is 0. The first-order valence-electron chi connectivity index (χ1n) is 7.05. The van der Waals surface area contributed by atoms with Crippen molar-refractivity contribution in [3.63, 3.8) is 0 Å². The van der Waals surface area contributed by atoms with E-state index in [-0.39, 0.29) is 11.8 Å². The highest BCUT2D eigenvalue weighted by Crippen LogP contribution is 2.32. The number of carbonyl (C=O) groups is 1. The molecule has 106 valence electrons. The van der Waals surface area contributed by atoms with Gasteiger partial charge in [-0.15, -0.1) is 0 Å². The van der Waals surface area contributed by atoms with Gasteiger partial charge >= 0.3 is 0 Å². The zero-order valence-corrected chi connectivity index (χ0v) is 12.0. The second kappa shape index (κ2) is 6.53. The van der Waals surface area contributed by atoms with E-state index in [1.807, 2.05) is 11.9 Å². The number of carbonyl (C=O) groups excluding carboxylic acids is 1. The van der Waals surface area contributed by atoms with E-state index in [1.54, 1.807) is 0 Å². The molecule has 0 radical (unpaired) electrons. The summed E-state index contributed by atoms with van der Waals surface area (Å²) in [4.78, 5) is 14.1. The lowest BCUT2D eigenvalue weighted by Crippen LogP contribution is -2.44. The fraction of sp³-hybridized carbons (Fsp3) is 0.929. The summed E-state index contributed by atoms with van der Waals surface area (Å²) in [6.45, 7) is 5.46. The molecule has 0 spiro atoms. The maximum atomic E-state index is 12.2. The molecule has 1 aliphatic rings. The van der Waals surface area contributed by atoms with Crippen LogP contribution in [-0.2, 0) is 4.79 Å². The second-order valence-electron chi connectivity index (χ2n) is 6.15. The molecule has 0 aromatic carbocycles. The van der Waals surface area contributed by atoms with Crippen LogP contribution in [0.15, 0.2) is 0 Å². The molecule has 0 aliphatic heterocycles. The quantitative estimate of drug-likeness (QED) is 0.781. The summed E-state index contributed by atoms with van der Waals surface area (Å²) < 4.78 is 0. The molecule has 0 aromatic rings. The Morgan fingerprint density at radius 3 is 2.44 bits per heavy atom. The van der Waals surface area contributed by atoms with E-state index in [9.17, 15) is 9.90 Å². The van der Waals surface area contributed by atoms with Crippen molar-refractivity contribution < 1.29 is 9.90 Å². The number of amides is 1. The number of nitrogens with two attached hydrogens (primary N) is 1. The van der Waals surface area contributed by atoms with E-state index >= 15 is 0 Å². The topological polar surface area (TPSA) is 66.6 Å². The van der Waals surface area contributed by atoms with Crippen LogP contribution in [0.5, 0.6) is 0 Å². The first-order chi connectivity index (χ1) is 8.38. The Hall–Kier alpha value is -0.610. The molecular formula is C14H28N2O2. The summed E-state index contributed by atoms with van der Waals surface area (Å²) in [7, 11) is 1.88. The van der Waals surface area contributed by atoms with Crippen molar-refractivity contribution in [3.05, 3.63) is 0 Å². The molecule has 0 bridgehead atoms. The van der Waals surface area contributed by atoms with Crippen LogP contribution in [0.4, 0.5) is 0 Å². The van der Waals surface area contributed by atoms with Gasteiger partial charge in [-0.3, -0.25) is 4.79 Å². The number of aliphatic hydroxyl groups is 1. The smallest absolute Gasteiger partial charge is 0.225 e. The Morgan fingerprint density at radius 2 is 2.00 bits per heavy atom. The molecule has 1 fully saturated rings. The summed E-state index contributed by atoms with van der Waals surface area (Å²) in [5.41, 5.74) is 4.83. The van der Waals surface area contributed by atoms with E-state index in [4.69, 9.17) is 5.73 Å². The molecule has 4 heteroatoms. The van der Waals surface area contributed by atoms with Gasteiger partial charge in [-0.05, 0) is 38.0 Å². The second-order valence-corrected chi connectivity index (χ2v) is 6.15. The molecule has 0 unspecified atom stereocenters. The normalized spacial score (nSPS) is 28.4. The fourth-order valence-electron chi connectivity index (χ4n) is 2.48. The van der Waals surface area contributed by atoms with Crippen LogP contribution in [-0.4, -0.2) is 41.7 Å². The van der Waals surface area contributed by atoms with Gasteiger partial charge in [-0.2, -0.15) is 0 Å². The molecule has 1 saturated carbocycles. The highest BCUT2D eigenvalue weighted by atomic mass is 16.3. The summed E-state index contributed by atoms with van der Waals surface area (Å²) in [6, 6.07) is 0. The highest BCUT2D eigenvalue weighted by Gasteiger charge is 2.35. The molecule has 18 heavy (non-hydrogen) atoms. The Balaban J connectivity index is 2.40. The Kier molecular flexibility index (Phi) is 5.60. The van der Waals surface area contributed by atoms with Crippen molar-refractivity contribution in [2.24, 2.45) is 17.6 Å². The molecule has 0 aromatic heterocycles. The molecule has 4 nitrogen and oxygen atoms in total. The summed E-state index contributed by atoms with van der Waals surface area (Å²) in [5, 5.41) is 10.0. The Labute approximate surface area is 111 Å². The molecule has 0 heterocycles. The van der Waals surface area contributed by atoms with E-state index in [2.05, 4.69) is 13.8 Å². The van der Waals surface area contributed by atoms with Gasteiger partial charge in [0.25, 0.3) is 0 Å². The molecular weight excluding hydrogens is 228 g/mol. The van der Waals surface area contributed by atoms with Crippen LogP contribution < -0.4 is 5.73 Å². The molecule has 1 aliphatic carbocycles. The van der Waals surface area contributed by atoms with Gasteiger partial charge in [-0.1, -0.05) is 13.8 Å². The van der Waals surface area contributed by atoms with Crippen molar-refractivity contribution in [1.29, 1.82) is 0 Å². The minimum Gasteiger partial charge on any atom is -0.389 e. The number of rotatable bonds is 5. The lowest BCUT2D eigenvalue weighted by Gasteiger charge is -2.35. The van der Waals surface area contributed by atoms with Gasteiger partial charge in [0.2, 0.25) is 5.91 Å². The molecule has 0 saturated heterocycles. The van der Waals surface area contributed by atoms with Crippen LogP contribution in [0.25, 0.3) is 0 Å². The van der Waals surface area contributed by atoms with Crippen LogP contribution >= 0.6 is 0 Å². The predicted octanol–water partition coefficient (Wildman–Crippen LogP) is 1.37. The van der Waals surface area contributed by atoms with Crippen LogP contribution in [0.1, 0.15) is 46.0 Å². The number of hydrogen-bond donors (Lipinski definition) is 2. The zero-order valence-electron chi connectivity index (χ0n) is 12.0. The van der Waals surface area contributed by atoms with Crippen LogP contribution in [0.3, 0.4) is 0 Å². The van der Waals surface area contributed by atoms with Gasteiger partial charge < -0.3 is 15.7 Å². The van der Waals surface area contributed by atoms with Gasteiger partial charge in [0.15, 0.2) is 0 Å². The van der Waals surface area contributed by atoms with Gasteiger partial charge in [0, 0.05) is 26.1 Å². The average molecular weight is 256 g/mol. The molecule has 0 atom stereocenters. The lowest BCUT2D eigenvalue weighted by molar-refractivity contribution is -0.137. The highest BCUT2D eigenvalue weighted by molar-refractivity contribution is 5.78. The Morgan fingerprint density at radius 1 is 1.44 bits per heavy atom. The third kappa shape index (κ3) is 4.25. The molecule has 1 amide bonds. The van der Waals surface area contributed by atoms with Crippen LogP contribution in [0, 0.1) is 11.8 Å². The maximum absolute atomic E-state index is 12.2. The summed E-state index contributed by atoms with van der Waals surface area (Å²) in [6.07, 6.45) is 3.87. The van der Waals surface area contributed by atoms with Crippen molar-refractivity contribution in [2.75, 3.05) is 20.1 Å². The van der Waals surface area contributed by atoms with Crippen LogP contribution in [0.2, 0.25) is 0 Å². The van der Waals surface area contributed by atoms with E-state index in [1.165, 1.54) is 0 Å². The first kappa shape index (κ1) is 15.4. The average Bonchev–Trinajstić information content (AvgIpc) is 2.36. The Bertz CT molecular complexity index is 271. The number of hydrogen-bond acceptors (Lipinski definition) is 3. The zero-order chi connectivity index (χ0) is 13.8. The van der Waals surface area contributed by atoms with Crippen molar-refractivity contribution in [3.8, 4) is 0 Å². The SMILES string of the molecule is CC(C)CCN(C)C(=O)C1CCC(O)(CN)CC1. The van der Waals surface area contributed by atoms with Crippen molar-refractivity contribution in [1.82, 2.24) is 4.90 Å². The molecule has 3 N–H and O–H groups in total. The fourth-order valence-corrected chi connectivity index (χ4v) is 2.48. The largest absolute Gasteiger partial charge is 0.389 e. The number of nitrogens with zero attached hydrogens (tertiary/aromatic N) is 1. The van der Waals surface area contributed by atoms with Gasteiger partial charge in [-0.25, -0.2) is 0 Å². The van der Waals surface area contributed by atoms with Gasteiger partial charge in [0.1, 0.15) is 0 Å². The van der Waals surface area contributed by atoms with Crippen molar-refractivity contribution in [2.45, 2.75) is 51.6 Å². The third-order valence-corrected chi connectivity index (χ3v) is 4.06. The van der Waals surface area contributed by atoms with Gasteiger partial charge in [0.05, 0.1) is 5.60 Å². The minimum atomic E-state index is -0.729. The van der Waals surface area contributed by atoms with E-state index < -0.39 is 5.60 Å². The standard InChI is InChI=1S/C14H28N2O2/c1-11(2)6-9-16(3)13(17)12-4-7-14(18,10-15)8-5-12/h11-12,18H,4-10,15H2,1-3H3. The maximum Gasteiger partial charge on any atom is 0.225 e. The molecule has 1 rings (SSSR count). The van der Waals surface area contributed by atoms with Crippen molar-refractivity contribution >= 4 is 5.91 Å². The van der Waals surface area contributed by atoms with E-state index in [0.29, 0.717) is 25.3 Å². The third-order valence-electron chi connectivity index (χ3n) is 4.06. The lowest BCUT2D eigenvalue weighted by atomic mass is 9.78. The van der Waals surface area contributed by atoms with E-state index in [0.717, 1.165) is 25.8 Å². The summed E-state index contributed by atoms with van der Waals surface area (Å²) in [5.74, 6) is 0.928. The first-order valence-corrected chi connectivity index (χ1v) is 7.05.